The number of methoxy groups -OCH3 is 1. The average molecular weight is 495 g/mol. The number of hydrogen-bond donors (Lipinski definition) is 1. The average Bonchev–Trinajstić information content (AvgIpc) is 3.30. The van der Waals surface area contributed by atoms with Crippen LogP contribution in [0.4, 0.5) is 0 Å². The molecule has 0 saturated carbocycles. The van der Waals surface area contributed by atoms with Gasteiger partial charge in [-0.25, -0.2) is 4.79 Å². The molecule has 0 fully saturated rings. The van der Waals surface area contributed by atoms with Gasteiger partial charge in [-0.1, -0.05) is 19.1 Å². The summed E-state index contributed by atoms with van der Waals surface area (Å²) in [6.45, 7) is 7.59. The molecule has 1 heterocycles. The molecule has 0 aliphatic heterocycles. The van der Waals surface area contributed by atoms with Gasteiger partial charge in [0.1, 0.15) is 11.4 Å². The van der Waals surface area contributed by atoms with Crippen LogP contribution in [-0.4, -0.2) is 30.0 Å². The predicted octanol–water partition coefficient (Wildman–Crippen LogP) is 7.02. The fourth-order valence-electron chi connectivity index (χ4n) is 4.68. The molecule has 4 rings (SSSR count). The summed E-state index contributed by atoms with van der Waals surface area (Å²) in [6, 6.07) is 18.7. The third-order valence-electron chi connectivity index (χ3n) is 6.37. The van der Waals surface area contributed by atoms with Crippen LogP contribution in [0.3, 0.4) is 0 Å². The molecule has 0 amide bonds. The Balaban J connectivity index is 1.93. The SMILES string of the molecule is CCC(c1ccc(C(=O)OC(C)(C)C)cc1-c1ccc(OC)cc1C=O)c1c[nH]c2cc(C#N)ccc12. The van der Waals surface area contributed by atoms with E-state index in [0.29, 0.717) is 28.0 Å². The van der Waals surface area contributed by atoms with Crippen LogP contribution in [0.2, 0.25) is 0 Å². The molecule has 1 unspecified atom stereocenters. The van der Waals surface area contributed by atoms with Gasteiger partial charge >= 0.3 is 5.97 Å². The van der Waals surface area contributed by atoms with Gasteiger partial charge in [0.25, 0.3) is 0 Å². The van der Waals surface area contributed by atoms with E-state index in [1.165, 1.54) is 0 Å². The van der Waals surface area contributed by atoms with Gasteiger partial charge in [-0.05, 0) is 91.9 Å². The number of aromatic nitrogens is 1. The topological polar surface area (TPSA) is 92.2 Å². The zero-order valence-electron chi connectivity index (χ0n) is 21.7. The van der Waals surface area contributed by atoms with Crippen molar-refractivity contribution >= 4 is 23.2 Å². The molecule has 37 heavy (non-hydrogen) atoms. The van der Waals surface area contributed by atoms with Crippen molar-refractivity contribution < 1.29 is 19.1 Å². The Labute approximate surface area is 216 Å². The van der Waals surface area contributed by atoms with Crippen LogP contribution in [0.5, 0.6) is 5.75 Å². The lowest BCUT2D eigenvalue weighted by atomic mass is 9.82. The molecule has 0 bridgehead atoms. The molecule has 1 aromatic heterocycles. The van der Waals surface area contributed by atoms with Crippen molar-refractivity contribution in [2.45, 2.75) is 45.6 Å². The first-order chi connectivity index (χ1) is 17.7. The van der Waals surface area contributed by atoms with E-state index in [-0.39, 0.29) is 5.92 Å². The third-order valence-corrected chi connectivity index (χ3v) is 6.37. The first-order valence-electron chi connectivity index (χ1n) is 12.2. The molecule has 0 saturated heterocycles. The van der Waals surface area contributed by atoms with Gasteiger partial charge in [0.2, 0.25) is 0 Å². The first-order valence-corrected chi connectivity index (χ1v) is 12.2. The summed E-state index contributed by atoms with van der Waals surface area (Å²) in [6.07, 6.45) is 3.55. The summed E-state index contributed by atoms with van der Waals surface area (Å²) in [4.78, 5) is 28.4. The molecule has 6 nitrogen and oxygen atoms in total. The highest BCUT2D eigenvalue weighted by molar-refractivity contribution is 5.95. The van der Waals surface area contributed by atoms with Crippen LogP contribution in [-0.2, 0) is 4.74 Å². The van der Waals surface area contributed by atoms with Gasteiger partial charge in [0.05, 0.1) is 24.3 Å². The van der Waals surface area contributed by atoms with Gasteiger partial charge < -0.3 is 14.5 Å². The second kappa shape index (κ2) is 10.3. The molecule has 0 aliphatic rings. The van der Waals surface area contributed by atoms with Crippen LogP contribution in [0.15, 0.2) is 60.8 Å². The second-order valence-electron chi connectivity index (χ2n) is 9.95. The first kappa shape index (κ1) is 25.7. The van der Waals surface area contributed by atoms with E-state index < -0.39 is 11.6 Å². The maximum atomic E-state index is 13.0. The standard InChI is InChI=1S/C31H30N2O4/c1-6-23(28-17-33-29-13-19(16-32)7-10-26(28)29)25-11-8-20(30(35)37-31(2,3)4)15-27(25)24-12-9-22(36-5)14-21(24)18-34/h7-15,17-18,23,33H,6H2,1-5H3. The Kier molecular flexibility index (Phi) is 7.17. The molecule has 0 radical (unpaired) electrons. The van der Waals surface area contributed by atoms with E-state index in [9.17, 15) is 14.9 Å². The minimum absolute atomic E-state index is 0.0361. The number of rotatable bonds is 7. The van der Waals surface area contributed by atoms with Gasteiger partial charge in [-0.3, -0.25) is 4.79 Å². The lowest BCUT2D eigenvalue weighted by Gasteiger charge is -2.23. The summed E-state index contributed by atoms with van der Waals surface area (Å²) in [7, 11) is 1.56. The molecule has 188 valence electrons. The van der Waals surface area contributed by atoms with Crippen molar-refractivity contribution in [1.29, 1.82) is 5.26 Å². The number of hydrogen-bond acceptors (Lipinski definition) is 5. The van der Waals surface area contributed by atoms with Gasteiger partial charge in [-0.2, -0.15) is 5.26 Å². The number of nitrogens with one attached hydrogen (secondary N) is 1. The number of carbonyl (C=O) groups excluding carboxylic acids is 2. The number of fused-ring (bicyclic) bond motifs is 1. The molecule has 0 aliphatic carbocycles. The van der Waals surface area contributed by atoms with Gasteiger partial charge in [-0.15, -0.1) is 0 Å². The number of esters is 1. The van der Waals surface area contributed by atoms with Crippen molar-refractivity contribution in [2.75, 3.05) is 7.11 Å². The zero-order chi connectivity index (χ0) is 26.7. The molecular formula is C31H30N2O4. The largest absolute Gasteiger partial charge is 0.497 e. The van der Waals surface area contributed by atoms with E-state index in [2.05, 4.69) is 18.0 Å². The highest BCUT2D eigenvalue weighted by Crippen LogP contribution is 2.40. The van der Waals surface area contributed by atoms with E-state index in [1.807, 2.05) is 69.4 Å². The number of benzene rings is 3. The number of ether oxygens (including phenoxy) is 2. The zero-order valence-corrected chi connectivity index (χ0v) is 21.7. The maximum absolute atomic E-state index is 13.0. The molecule has 1 atom stereocenters. The maximum Gasteiger partial charge on any atom is 0.338 e. The predicted molar refractivity (Wildman–Crippen MR) is 144 cm³/mol. The third kappa shape index (κ3) is 5.26. The number of H-pyrrole nitrogens is 1. The quantitative estimate of drug-likeness (QED) is 0.220. The van der Waals surface area contributed by atoms with Crippen molar-refractivity contribution in [2.24, 2.45) is 0 Å². The van der Waals surface area contributed by atoms with E-state index in [1.54, 1.807) is 19.2 Å². The summed E-state index contributed by atoms with van der Waals surface area (Å²) in [5.41, 5.74) is 5.26. The number of aromatic amines is 1. The number of carbonyl (C=O) groups is 2. The van der Waals surface area contributed by atoms with Crippen LogP contribution in [0.25, 0.3) is 22.0 Å². The van der Waals surface area contributed by atoms with E-state index in [0.717, 1.165) is 40.3 Å². The Morgan fingerprint density at radius 1 is 1.05 bits per heavy atom. The molecule has 6 heteroatoms. The number of aldehydes is 1. The monoisotopic (exact) mass is 494 g/mol. The Morgan fingerprint density at radius 3 is 2.49 bits per heavy atom. The molecular weight excluding hydrogens is 464 g/mol. The van der Waals surface area contributed by atoms with Gasteiger partial charge in [0, 0.05) is 28.6 Å². The van der Waals surface area contributed by atoms with Crippen molar-refractivity contribution in [3.05, 3.63) is 88.6 Å². The minimum Gasteiger partial charge on any atom is -0.497 e. The molecule has 4 aromatic rings. The smallest absolute Gasteiger partial charge is 0.338 e. The van der Waals surface area contributed by atoms with Crippen molar-refractivity contribution in [3.63, 3.8) is 0 Å². The number of nitrogens with zero attached hydrogens (tertiary/aromatic N) is 1. The normalized spacial score (nSPS) is 12.1. The Hall–Kier alpha value is -4.37. The fourth-order valence-corrected chi connectivity index (χ4v) is 4.68. The van der Waals surface area contributed by atoms with Crippen LogP contribution in [0.1, 0.15) is 77.4 Å². The Bertz CT molecular complexity index is 1520. The van der Waals surface area contributed by atoms with Gasteiger partial charge in [0.15, 0.2) is 6.29 Å². The van der Waals surface area contributed by atoms with Crippen molar-refractivity contribution in [3.8, 4) is 22.9 Å². The van der Waals surface area contributed by atoms with E-state index >= 15 is 0 Å². The molecule has 0 spiro atoms. The fraction of sp³-hybridized carbons (Fsp3) is 0.258. The summed E-state index contributed by atoms with van der Waals surface area (Å²) in [5, 5.41) is 10.3. The lowest BCUT2D eigenvalue weighted by molar-refractivity contribution is 0.00694. The molecule has 1 N–H and O–H groups in total. The summed E-state index contributed by atoms with van der Waals surface area (Å²) < 4.78 is 11.0. The van der Waals surface area contributed by atoms with Crippen LogP contribution < -0.4 is 4.74 Å². The second-order valence-corrected chi connectivity index (χ2v) is 9.95. The summed E-state index contributed by atoms with van der Waals surface area (Å²) in [5.74, 6) is 0.115. The van der Waals surface area contributed by atoms with Crippen LogP contribution >= 0.6 is 0 Å². The molecule has 3 aromatic carbocycles. The highest BCUT2D eigenvalue weighted by atomic mass is 16.6. The number of nitriles is 1. The lowest BCUT2D eigenvalue weighted by Crippen LogP contribution is -2.24. The van der Waals surface area contributed by atoms with E-state index in [4.69, 9.17) is 9.47 Å². The Morgan fingerprint density at radius 2 is 1.84 bits per heavy atom. The highest BCUT2D eigenvalue weighted by Gasteiger charge is 2.24. The van der Waals surface area contributed by atoms with Crippen molar-refractivity contribution in [1.82, 2.24) is 4.98 Å². The summed E-state index contributed by atoms with van der Waals surface area (Å²) >= 11 is 0. The minimum atomic E-state index is -0.637. The van der Waals surface area contributed by atoms with Crippen LogP contribution in [0, 0.1) is 11.3 Å².